The smallest absolute Gasteiger partial charge is 0.250 e. The molecular formula is C21H31N3O2. The molecule has 1 aromatic rings. The van der Waals surface area contributed by atoms with Crippen LogP contribution in [0.3, 0.4) is 0 Å². The van der Waals surface area contributed by atoms with E-state index in [1.54, 1.807) is 4.90 Å². The van der Waals surface area contributed by atoms with Gasteiger partial charge in [0.2, 0.25) is 11.8 Å². The third-order valence-electron chi connectivity index (χ3n) is 5.65. The summed E-state index contributed by atoms with van der Waals surface area (Å²) in [5.41, 5.74) is 2.21. The number of hydrogen-bond donors (Lipinski definition) is 0. The van der Waals surface area contributed by atoms with Crippen molar-refractivity contribution in [2.45, 2.75) is 45.6 Å². The summed E-state index contributed by atoms with van der Waals surface area (Å²) in [7, 11) is 0. The summed E-state index contributed by atoms with van der Waals surface area (Å²) in [6, 6.07) is 7.65. The van der Waals surface area contributed by atoms with Crippen molar-refractivity contribution < 1.29 is 9.59 Å². The summed E-state index contributed by atoms with van der Waals surface area (Å²) in [6.45, 7) is 9.21. The second kappa shape index (κ2) is 8.67. The number of nitrogens with zero attached hydrogens (tertiary/aromatic N) is 3. The molecule has 0 bridgehead atoms. The highest BCUT2D eigenvalue weighted by Crippen LogP contribution is 2.32. The van der Waals surface area contributed by atoms with E-state index in [0.717, 1.165) is 44.7 Å². The third kappa shape index (κ3) is 3.93. The Labute approximate surface area is 156 Å². The molecule has 1 saturated heterocycles. The van der Waals surface area contributed by atoms with Gasteiger partial charge in [-0.1, -0.05) is 44.5 Å². The maximum atomic E-state index is 13.4. The van der Waals surface area contributed by atoms with Crippen molar-refractivity contribution in [2.24, 2.45) is 0 Å². The van der Waals surface area contributed by atoms with Gasteiger partial charge in [0, 0.05) is 39.1 Å². The van der Waals surface area contributed by atoms with Gasteiger partial charge in [0.25, 0.3) is 0 Å². The van der Waals surface area contributed by atoms with Gasteiger partial charge in [0.1, 0.15) is 6.04 Å². The van der Waals surface area contributed by atoms with Gasteiger partial charge >= 0.3 is 0 Å². The first-order valence-electron chi connectivity index (χ1n) is 10.0. The van der Waals surface area contributed by atoms with Crippen molar-refractivity contribution in [2.75, 3.05) is 39.3 Å². The number of benzene rings is 1. The summed E-state index contributed by atoms with van der Waals surface area (Å²) < 4.78 is 0. The molecule has 2 heterocycles. The van der Waals surface area contributed by atoms with Gasteiger partial charge in [-0.2, -0.15) is 0 Å². The quantitative estimate of drug-likeness (QED) is 0.813. The Morgan fingerprint density at radius 2 is 1.77 bits per heavy atom. The zero-order valence-electron chi connectivity index (χ0n) is 16.1. The van der Waals surface area contributed by atoms with Crippen LogP contribution < -0.4 is 0 Å². The minimum atomic E-state index is -0.449. The van der Waals surface area contributed by atoms with Gasteiger partial charge in [-0.05, 0) is 30.5 Å². The molecule has 1 aromatic carbocycles. The molecule has 0 unspecified atom stereocenters. The van der Waals surface area contributed by atoms with Crippen LogP contribution >= 0.6 is 0 Å². The van der Waals surface area contributed by atoms with E-state index in [4.69, 9.17) is 0 Å². The molecule has 1 fully saturated rings. The standard InChI is InChI=1S/C21H31N3O2/c1-3-5-11-22-13-15-23(16-14-22)21(26)20-18-9-7-6-8-17(18)10-12-24(20)19(25)4-2/h6-9,20H,3-5,10-16H2,1-2H3/t20-/m0/s1. The molecule has 26 heavy (non-hydrogen) atoms. The van der Waals surface area contributed by atoms with Crippen LogP contribution in [0.25, 0.3) is 0 Å². The van der Waals surface area contributed by atoms with E-state index >= 15 is 0 Å². The van der Waals surface area contributed by atoms with Crippen LogP contribution in [0.5, 0.6) is 0 Å². The average molecular weight is 357 g/mol. The monoisotopic (exact) mass is 357 g/mol. The lowest BCUT2D eigenvalue weighted by Crippen LogP contribution is -2.54. The van der Waals surface area contributed by atoms with Gasteiger partial charge in [0.15, 0.2) is 0 Å². The summed E-state index contributed by atoms with van der Waals surface area (Å²) in [5, 5.41) is 0. The topological polar surface area (TPSA) is 43.9 Å². The molecule has 2 aliphatic heterocycles. The summed E-state index contributed by atoms with van der Waals surface area (Å²) in [5.74, 6) is 0.161. The molecule has 142 valence electrons. The molecule has 0 aromatic heterocycles. The van der Waals surface area contributed by atoms with Gasteiger partial charge in [0.05, 0.1) is 0 Å². The molecule has 1 atom stereocenters. The summed E-state index contributed by atoms with van der Waals surface area (Å²) in [6.07, 6.45) is 3.68. The highest BCUT2D eigenvalue weighted by atomic mass is 16.2. The molecule has 0 saturated carbocycles. The Morgan fingerprint density at radius 3 is 2.46 bits per heavy atom. The lowest BCUT2D eigenvalue weighted by Gasteiger charge is -2.41. The third-order valence-corrected chi connectivity index (χ3v) is 5.65. The maximum absolute atomic E-state index is 13.4. The fraction of sp³-hybridized carbons (Fsp3) is 0.619. The molecule has 2 aliphatic rings. The molecule has 0 aliphatic carbocycles. The fourth-order valence-corrected chi connectivity index (χ4v) is 4.05. The summed E-state index contributed by atoms with van der Waals surface area (Å²) >= 11 is 0. The normalized spacial score (nSPS) is 20.8. The van der Waals surface area contributed by atoms with E-state index in [1.807, 2.05) is 30.0 Å². The molecule has 5 heteroatoms. The Balaban J connectivity index is 1.76. The number of unbranched alkanes of at least 4 members (excludes halogenated alkanes) is 1. The molecule has 5 nitrogen and oxygen atoms in total. The predicted molar refractivity (Wildman–Crippen MR) is 103 cm³/mol. The number of fused-ring (bicyclic) bond motifs is 1. The highest BCUT2D eigenvalue weighted by molar-refractivity contribution is 5.89. The lowest BCUT2D eigenvalue weighted by atomic mass is 9.91. The van der Waals surface area contributed by atoms with Gasteiger partial charge < -0.3 is 9.80 Å². The molecule has 0 N–H and O–H groups in total. The van der Waals surface area contributed by atoms with Crippen molar-refractivity contribution in [1.29, 1.82) is 0 Å². The molecule has 0 radical (unpaired) electrons. The van der Waals surface area contributed by atoms with Gasteiger partial charge in [-0.3, -0.25) is 14.5 Å². The first-order chi connectivity index (χ1) is 12.7. The van der Waals surface area contributed by atoms with Crippen LogP contribution in [0.1, 0.15) is 50.3 Å². The minimum Gasteiger partial charge on any atom is -0.338 e. The average Bonchev–Trinajstić information content (AvgIpc) is 2.70. The Morgan fingerprint density at radius 1 is 1.04 bits per heavy atom. The van der Waals surface area contributed by atoms with Crippen molar-refractivity contribution in [3.05, 3.63) is 35.4 Å². The van der Waals surface area contributed by atoms with Crippen molar-refractivity contribution >= 4 is 11.8 Å². The predicted octanol–water partition coefficient (Wildman–Crippen LogP) is 2.47. The number of rotatable bonds is 5. The van der Waals surface area contributed by atoms with E-state index in [9.17, 15) is 9.59 Å². The highest BCUT2D eigenvalue weighted by Gasteiger charge is 2.38. The number of hydrogen-bond acceptors (Lipinski definition) is 3. The van der Waals surface area contributed by atoms with E-state index in [1.165, 1.54) is 18.4 Å². The lowest BCUT2D eigenvalue weighted by molar-refractivity contribution is -0.147. The number of piperazine rings is 1. The van der Waals surface area contributed by atoms with Crippen LogP contribution in [-0.2, 0) is 16.0 Å². The second-order valence-corrected chi connectivity index (χ2v) is 7.31. The fourth-order valence-electron chi connectivity index (χ4n) is 4.05. The number of carbonyl (C=O) groups excluding carboxylic acids is 2. The van der Waals surface area contributed by atoms with Crippen molar-refractivity contribution in [3.8, 4) is 0 Å². The summed E-state index contributed by atoms with van der Waals surface area (Å²) in [4.78, 5) is 32.1. The number of carbonyl (C=O) groups is 2. The largest absolute Gasteiger partial charge is 0.338 e. The van der Waals surface area contributed by atoms with Crippen LogP contribution in [-0.4, -0.2) is 65.8 Å². The Kier molecular flexibility index (Phi) is 6.30. The second-order valence-electron chi connectivity index (χ2n) is 7.31. The number of amides is 2. The zero-order valence-corrected chi connectivity index (χ0v) is 16.1. The van der Waals surface area contributed by atoms with Crippen LogP contribution in [0.15, 0.2) is 24.3 Å². The first kappa shape index (κ1) is 18.9. The zero-order chi connectivity index (χ0) is 18.5. The molecule has 3 rings (SSSR count). The Hall–Kier alpha value is -1.88. The first-order valence-corrected chi connectivity index (χ1v) is 10.0. The van der Waals surface area contributed by atoms with E-state index < -0.39 is 6.04 Å². The Bertz CT molecular complexity index is 638. The molecule has 2 amide bonds. The minimum absolute atomic E-state index is 0.0689. The maximum Gasteiger partial charge on any atom is 0.250 e. The van der Waals surface area contributed by atoms with Crippen LogP contribution in [0.2, 0.25) is 0 Å². The van der Waals surface area contributed by atoms with E-state index in [-0.39, 0.29) is 11.8 Å². The van der Waals surface area contributed by atoms with E-state index in [2.05, 4.69) is 17.9 Å². The van der Waals surface area contributed by atoms with Crippen LogP contribution in [0, 0.1) is 0 Å². The van der Waals surface area contributed by atoms with E-state index in [0.29, 0.717) is 13.0 Å². The van der Waals surface area contributed by atoms with Crippen molar-refractivity contribution in [1.82, 2.24) is 14.7 Å². The SMILES string of the molecule is CCCCN1CCN(C(=O)[C@@H]2c3ccccc3CCN2C(=O)CC)CC1. The molecular weight excluding hydrogens is 326 g/mol. The van der Waals surface area contributed by atoms with Crippen molar-refractivity contribution in [3.63, 3.8) is 0 Å². The van der Waals surface area contributed by atoms with Gasteiger partial charge in [-0.25, -0.2) is 0 Å². The van der Waals surface area contributed by atoms with Crippen LogP contribution in [0.4, 0.5) is 0 Å². The molecule has 0 spiro atoms. The van der Waals surface area contributed by atoms with Gasteiger partial charge in [-0.15, -0.1) is 0 Å².